The molecule has 0 aromatic rings. The van der Waals surface area contributed by atoms with Gasteiger partial charge in [0.05, 0.1) is 6.10 Å². The van der Waals surface area contributed by atoms with Crippen molar-refractivity contribution in [3.63, 3.8) is 0 Å². The van der Waals surface area contributed by atoms with Crippen molar-refractivity contribution in [1.29, 1.82) is 0 Å². The van der Waals surface area contributed by atoms with Gasteiger partial charge in [0, 0.05) is 13.5 Å². The average Bonchev–Trinajstić information content (AvgIpc) is 2.16. The Kier molecular flexibility index (Phi) is 8.64. The number of unbranched alkanes of at least 4 members (excludes halogenated alkanes) is 3. The van der Waals surface area contributed by atoms with Gasteiger partial charge < -0.3 is 9.84 Å². The first kappa shape index (κ1) is 13.4. The number of ether oxygens (including phenoxy) is 1. The highest BCUT2D eigenvalue weighted by atomic mass is 16.5. The van der Waals surface area contributed by atoms with Gasteiger partial charge in [-0.25, -0.2) is 0 Å². The molecule has 0 bridgehead atoms. The Morgan fingerprint density at radius 1 is 1.29 bits per heavy atom. The van der Waals surface area contributed by atoms with Gasteiger partial charge in [-0.2, -0.15) is 0 Å². The molecule has 3 heteroatoms. The Bertz CT molecular complexity index is 145. The van der Waals surface area contributed by atoms with E-state index in [1.165, 1.54) is 19.3 Å². The highest BCUT2D eigenvalue weighted by Gasteiger charge is 2.08. The third-order valence-electron chi connectivity index (χ3n) is 2.39. The number of carboxylic acids is 1. The maximum absolute atomic E-state index is 10.3. The van der Waals surface area contributed by atoms with Gasteiger partial charge in [0.25, 0.3) is 0 Å². The minimum absolute atomic E-state index is 0.128. The van der Waals surface area contributed by atoms with Crippen molar-refractivity contribution in [3.05, 3.63) is 0 Å². The van der Waals surface area contributed by atoms with Crippen molar-refractivity contribution in [2.75, 3.05) is 7.11 Å². The van der Waals surface area contributed by atoms with Crippen LogP contribution in [0.5, 0.6) is 0 Å². The summed E-state index contributed by atoms with van der Waals surface area (Å²) in [6, 6.07) is 0. The Labute approximate surface area is 86.5 Å². The summed E-state index contributed by atoms with van der Waals surface area (Å²) in [7, 11) is 1.66. The highest BCUT2D eigenvalue weighted by Crippen LogP contribution is 2.12. The maximum atomic E-state index is 10.3. The zero-order valence-corrected chi connectivity index (χ0v) is 9.29. The van der Waals surface area contributed by atoms with Crippen molar-refractivity contribution in [2.45, 2.75) is 58.0 Å². The van der Waals surface area contributed by atoms with Crippen LogP contribution in [0.15, 0.2) is 0 Å². The molecule has 0 saturated carbocycles. The van der Waals surface area contributed by atoms with E-state index in [9.17, 15) is 4.79 Å². The van der Waals surface area contributed by atoms with Crippen LogP contribution in [0.2, 0.25) is 0 Å². The Balaban J connectivity index is 3.42. The SMILES string of the molecule is CCCCCC[C@H](CCC(=O)O)OC. The van der Waals surface area contributed by atoms with E-state index < -0.39 is 5.97 Å². The van der Waals surface area contributed by atoms with E-state index in [0.717, 1.165) is 12.8 Å². The van der Waals surface area contributed by atoms with Crippen LogP contribution in [0.1, 0.15) is 51.9 Å². The summed E-state index contributed by atoms with van der Waals surface area (Å²) in [4.78, 5) is 10.3. The van der Waals surface area contributed by atoms with Crippen LogP contribution in [0.4, 0.5) is 0 Å². The maximum Gasteiger partial charge on any atom is 0.303 e. The predicted octanol–water partition coefficient (Wildman–Crippen LogP) is 2.84. The molecule has 0 heterocycles. The second kappa shape index (κ2) is 9.00. The molecule has 0 amide bonds. The van der Waals surface area contributed by atoms with Crippen LogP contribution in [0.25, 0.3) is 0 Å². The van der Waals surface area contributed by atoms with Gasteiger partial charge in [0.2, 0.25) is 0 Å². The number of aliphatic carboxylic acids is 1. The van der Waals surface area contributed by atoms with Gasteiger partial charge in [-0.1, -0.05) is 32.6 Å². The molecule has 0 rings (SSSR count). The molecular weight excluding hydrogens is 180 g/mol. The lowest BCUT2D eigenvalue weighted by molar-refractivity contribution is -0.137. The van der Waals surface area contributed by atoms with Gasteiger partial charge in [0.15, 0.2) is 0 Å². The number of carbonyl (C=O) groups is 1. The van der Waals surface area contributed by atoms with Gasteiger partial charge in [-0.05, 0) is 12.8 Å². The summed E-state index contributed by atoms with van der Waals surface area (Å²) < 4.78 is 5.22. The van der Waals surface area contributed by atoms with E-state index in [0.29, 0.717) is 6.42 Å². The van der Waals surface area contributed by atoms with E-state index in [4.69, 9.17) is 9.84 Å². The zero-order valence-electron chi connectivity index (χ0n) is 9.29. The van der Waals surface area contributed by atoms with E-state index in [2.05, 4.69) is 6.92 Å². The van der Waals surface area contributed by atoms with Crippen LogP contribution < -0.4 is 0 Å². The normalized spacial score (nSPS) is 12.7. The molecule has 0 aliphatic rings. The Morgan fingerprint density at radius 3 is 2.50 bits per heavy atom. The molecule has 0 aromatic heterocycles. The number of hydrogen-bond donors (Lipinski definition) is 1. The molecule has 0 radical (unpaired) electrons. The first-order valence-electron chi connectivity index (χ1n) is 5.45. The summed E-state index contributed by atoms with van der Waals surface area (Å²) in [5.74, 6) is -0.736. The number of carboxylic acid groups (broad SMARTS) is 1. The molecule has 84 valence electrons. The molecule has 1 atom stereocenters. The first-order chi connectivity index (χ1) is 6.70. The highest BCUT2D eigenvalue weighted by molar-refractivity contribution is 5.66. The van der Waals surface area contributed by atoms with Crippen LogP contribution >= 0.6 is 0 Å². The van der Waals surface area contributed by atoms with Gasteiger partial charge in [0.1, 0.15) is 0 Å². The van der Waals surface area contributed by atoms with Gasteiger partial charge in [-0.3, -0.25) is 4.79 Å². The van der Waals surface area contributed by atoms with Crippen LogP contribution in [-0.4, -0.2) is 24.3 Å². The molecule has 0 aromatic carbocycles. The fourth-order valence-corrected chi connectivity index (χ4v) is 1.46. The minimum atomic E-state index is -0.736. The molecular formula is C11H22O3. The molecule has 3 nitrogen and oxygen atoms in total. The molecule has 0 saturated heterocycles. The van der Waals surface area contributed by atoms with Crippen LogP contribution in [0.3, 0.4) is 0 Å². The standard InChI is InChI=1S/C11H22O3/c1-3-4-5-6-7-10(14-2)8-9-11(12)13/h10H,3-9H2,1-2H3,(H,12,13)/t10-/m1/s1. The minimum Gasteiger partial charge on any atom is -0.481 e. The molecule has 0 unspecified atom stereocenters. The summed E-state index contributed by atoms with van der Waals surface area (Å²) in [5.41, 5.74) is 0. The average molecular weight is 202 g/mol. The molecule has 0 fully saturated rings. The zero-order chi connectivity index (χ0) is 10.8. The molecule has 1 N–H and O–H groups in total. The fourth-order valence-electron chi connectivity index (χ4n) is 1.46. The van der Waals surface area contributed by atoms with Crippen molar-refractivity contribution in [2.24, 2.45) is 0 Å². The molecule has 0 aliphatic heterocycles. The summed E-state index contributed by atoms with van der Waals surface area (Å²) >= 11 is 0. The van der Waals surface area contributed by atoms with Gasteiger partial charge in [-0.15, -0.1) is 0 Å². The van der Waals surface area contributed by atoms with Crippen molar-refractivity contribution < 1.29 is 14.6 Å². The Hall–Kier alpha value is -0.570. The predicted molar refractivity (Wildman–Crippen MR) is 56.4 cm³/mol. The number of methoxy groups -OCH3 is 1. The van der Waals surface area contributed by atoms with E-state index in [1.807, 2.05) is 0 Å². The quantitative estimate of drug-likeness (QED) is 0.585. The monoisotopic (exact) mass is 202 g/mol. The van der Waals surface area contributed by atoms with Crippen molar-refractivity contribution >= 4 is 5.97 Å². The van der Waals surface area contributed by atoms with Crippen LogP contribution in [0, 0.1) is 0 Å². The van der Waals surface area contributed by atoms with Gasteiger partial charge >= 0.3 is 5.97 Å². The lowest BCUT2D eigenvalue weighted by atomic mass is 10.1. The summed E-state index contributed by atoms with van der Waals surface area (Å²) in [5, 5.41) is 8.51. The van der Waals surface area contributed by atoms with E-state index >= 15 is 0 Å². The molecule has 0 aliphatic carbocycles. The summed E-state index contributed by atoms with van der Waals surface area (Å²) in [6.45, 7) is 2.18. The number of hydrogen-bond acceptors (Lipinski definition) is 2. The van der Waals surface area contributed by atoms with Crippen molar-refractivity contribution in [3.8, 4) is 0 Å². The second-order valence-electron chi connectivity index (χ2n) is 3.64. The third kappa shape index (κ3) is 8.05. The van der Waals surface area contributed by atoms with Crippen LogP contribution in [-0.2, 0) is 9.53 Å². The molecule has 0 spiro atoms. The van der Waals surface area contributed by atoms with Crippen molar-refractivity contribution in [1.82, 2.24) is 0 Å². The number of rotatable bonds is 9. The lowest BCUT2D eigenvalue weighted by Crippen LogP contribution is -2.12. The van der Waals surface area contributed by atoms with E-state index in [1.54, 1.807) is 7.11 Å². The lowest BCUT2D eigenvalue weighted by Gasteiger charge is -2.13. The summed E-state index contributed by atoms with van der Waals surface area (Å²) in [6.07, 6.45) is 6.83. The smallest absolute Gasteiger partial charge is 0.303 e. The third-order valence-corrected chi connectivity index (χ3v) is 2.39. The second-order valence-corrected chi connectivity index (χ2v) is 3.64. The largest absolute Gasteiger partial charge is 0.481 e. The van der Waals surface area contributed by atoms with E-state index in [-0.39, 0.29) is 12.5 Å². The molecule has 14 heavy (non-hydrogen) atoms. The fraction of sp³-hybridized carbons (Fsp3) is 0.909. The topological polar surface area (TPSA) is 46.5 Å². The first-order valence-corrected chi connectivity index (χ1v) is 5.45. The Morgan fingerprint density at radius 2 is 2.00 bits per heavy atom.